The first kappa shape index (κ1) is 33.7. The monoisotopic (exact) mass is 638 g/mol. The standard InChI is InChI=1S/C29H41F3N6O5Si/c1-19(38-10-7-24(39)26-23(38)16-33-22(27(26)41)18-42-11-12-44(2,3)4)17-43-36-25(40)13-20-5-8-37(9-6-20)28-34-14-21(15-35-28)29(30,31)32/h14-16,19-20,22H,5-13,17-18H2,1-4H3,(H,36,40). The van der Waals surface area contributed by atoms with Crippen LogP contribution in [0.3, 0.4) is 0 Å². The van der Waals surface area contributed by atoms with Gasteiger partial charge >= 0.3 is 6.18 Å². The molecule has 11 nitrogen and oxygen atoms in total. The Labute approximate surface area is 256 Å². The maximum Gasteiger partial charge on any atom is 0.419 e. The predicted octanol–water partition coefficient (Wildman–Crippen LogP) is 3.44. The van der Waals surface area contributed by atoms with Gasteiger partial charge in [-0.2, -0.15) is 13.2 Å². The number of halogens is 3. The van der Waals surface area contributed by atoms with E-state index in [0.717, 1.165) is 18.4 Å². The Hall–Kier alpha value is -3.17. The van der Waals surface area contributed by atoms with E-state index in [4.69, 9.17) is 9.57 Å². The number of allylic oxidation sites excluding steroid dienone is 1. The van der Waals surface area contributed by atoms with Crippen LogP contribution in [0.5, 0.6) is 0 Å². The maximum atomic E-state index is 13.1. The van der Waals surface area contributed by atoms with Gasteiger partial charge in [-0.05, 0) is 31.7 Å². The molecule has 0 bridgehead atoms. The van der Waals surface area contributed by atoms with Gasteiger partial charge in [0.15, 0.2) is 11.6 Å². The number of alkyl halides is 3. The molecule has 1 fully saturated rings. The van der Waals surface area contributed by atoms with E-state index in [2.05, 4.69) is 40.1 Å². The zero-order chi connectivity index (χ0) is 32.1. The number of dihydropyridines is 1. The highest BCUT2D eigenvalue weighted by Crippen LogP contribution is 2.30. The van der Waals surface area contributed by atoms with Crippen LogP contribution in [-0.2, 0) is 30.1 Å². The number of piperidine rings is 1. The summed E-state index contributed by atoms with van der Waals surface area (Å²) in [4.78, 5) is 59.7. The number of ether oxygens (including phenoxy) is 1. The third kappa shape index (κ3) is 8.94. The summed E-state index contributed by atoms with van der Waals surface area (Å²) >= 11 is 0. The number of nitrogens with one attached hydrogen (secondary N) is 1. The van der Waals surface area contributed by atoms with Crippen molar-refractivity contribution < 1.29 is 37.1 Å². The van der Waals surface area contributed by atoms with Gasteiger partial charge in [0.1, 0.15) is 6.04 Å². The number of hydrogen-bond acceptors (Lipinski definition) is 10. The molecule has 0 aromatic carbocycles. The highest BCUT2D eigenvalue weighted by Gasteiger charge is 2.38. The van der Waals surface area contributed by atoms with Crippen molar-refractivity contribution in [3.05, 3.63) is 29.2 Å². The smallest absolute Gasteiger partial charge is 0.379 e. The minimum Gasteiger partial charge on any atom is -0.379 e. The Morgan fingerprint density at radius 3 is 2.45 bits per heavy atom. The van der Waals surface area contributed by atoms with Gasteiger partial charge in [0, 0.05) is 65.8 Å². The van der Waals surface area contributed by atoms with Crippen molar-refractivity contribution in [3.8, 4) is 0 Å². The number of nitrogens with zero attached hydrogens (tertiary/aromatic N) is 5. The van der Waals surface area contributed by atoms with E-state index in [1.807, 2.05) is 16.7 Å². The first-order chi connectivity index (χ1) is 20.7. The summed E-state index contributed by atoms with van der Waals surface area (Å²) in [5.41, 5.74) is 2.24. The molecule has 4 rings (SSSR count). The lowest BCUT2D eigenvalue weighted by molar-refractivity contribution is -0.138. The van der Waals surface area contributed by atoms with E-state index in [-0.39, 0.29) is 67.0 Å². The van der Waals surface area contributed by atoms with Gasteiger partial charge in [-0.1, -0.05) is 19.6 Å². The molecule has 242 valence electrons. The quantitative estimate of drug-likeness (QED) is 0.159. The van der Waals surface area contributed by atoms with Gasteiger partial charge < -0.3 is 14.5 Å². The highest BCUT2D eigenvalue weighted by atomic mass is 28.3. The molecule has 1 saturated heterocycles. The number of Topliss-reactive ketones (excluding diaryl/α,β-unsaturated/α-hetero) is 2. The SMILES string of the molecule is CC(CONC(=O)CC1CCN(c2ncc(C(F)(F)F)cn2)CC1)N1CCC(=O)C2=C1C=NC(COCC[Si](C)(C)C)C2=O. The first-order valence-electron chi connectivity index (χ1n) is 15.0. The Morgan fingerprint density at radius 2 is 1.82 bits per heavy atom. The normalized spacial score (nSPS) is 20.7. The lowest BCUT2D eigenvalue weighted by atomic mass is 9.91. The molecule has 15 heteroatoms. The van der Waals surface area contributed by atoms with Gasteiger partial charge in [0.05, 0.1) is 36.1 Å². The summed E-state index contributed by atoms with van der Waals surface area (Å²) in [5.74, 6) is -0.470. The summed E-state index contributed by atoms with van der Waals surface area (Å²) in [5, 5.41) is 0. The molecule has 3 aliphatic rings. The summed E-state index contributed by atoms with van der Waals surface area (Å²) in [6, 6.07) is 0.0102. The lowest BCUT2D eigenvalue weighted by Gasteiger charge is -2.37. The van der Waals surface area contributed by atoms with Crippen molar-refractivity contribution in [2.24, 2.45) is 10.9 Å². The number of ketones is 2. The second-order valence-corrected chi connectivity index (χ2v) is 18.4. The molecule has 2 atom stereocenters. The zero-order valence-corrected chi connectivity index (χ0v) is 26.7. The van der Waals surface area contributed by atoms with E-state index in [1.165, 1.54) is 0 Å². The van der Waals surface area contributed by atoms with Crippen LogP contribution in [0.2, 0.25) is 25.7 Å². The fourth-order valence-corrected chi connectivity index (χ4v) is 6.06. The molecule has 0 spiro atoms. The first-order valence-corrected chi connectivity index (χ1v) is 18.7. The van der Waals surface area contributed by atoms with E-state index < -0.39 is 25.9 Å². The van der Waals surface area contributed by atoms with Gasteiger partial charge in [0.2, 0.25) is 11.9 Å². The molecular formula is C29H41F3N6O5Si. The van der Waals surface area contributed by atoms with Crippen LogP contribution in [0.1, 0.15) is 38.2 Å². The van der Waals surface area contributed by atoms with Crippen LogP contribution in [0.4, 0.5) is 19.1 Å². The van der Waals surface area contributed by atoms with Gasteiger partial charge in [-0.25, -0.2) is 15.4 Å². The molecule has 4 heterocycles. The second kappa shape index (κ2) is 14.3. The van der Waals surface area contributed by atoms with Crippen LogP contribution in [0, 0.1) is 5.92 Å². The zero-order valence-electron chi connectivity index (χ0n) is 25.7. The van der Waals surface area contributed by atoms with Crippen molar-refractivity contribution in [2.45, 2.75) is 76.6 Å². The summed E-state index contributed by atoms with van der Waals surface area (Å²) in [6.45, 7) is 10.9. The molecule has 1 N–H and O–H groups in total. The van der Waals surface area contributed by atoms with Crippen molar-refractivity contribution in [1.29, 1.82) is 0 Å². The molecule has 1 aromatic heterocycles. The van der Waals surface area contributed by atoms with Crippen LogP contribution < -0.4 is 10.4 Å². The largest absolute Gasteiger partial charge is 0.419 e. The van der Waals surface area contributed by atoms with Crippen molar-refractivity contribution in [3.63, 3.8) is 0 Å². The number of anilines is 1. The molecular weight excluding hydrogens is 597 g/mol. The minimum absolute atomic E-state index is 0.0828. The average Bonchev–Trinajstić information content (AvgIpc) is 2.96. The van der Waals surface area contributed by atoms with Crippen LogP contribution in [-0.4, -0.2) is 98.2 Å². The summed E-state index contributed by atoms with van der Waals surface area (Å²) in [6.07, 6.45) is 0.413. The van der Waals surface area contributed by atoms with Crippen LogP contribution >= 0.6 is 0 Å². The Balaban J connectivity index is 1.20. The number of rotatable bonds is 12. The van der Waals surface area contributed by atoms with Crippen molar-refractivity contribution in [2.75, 3.05) is 44.4 Å². The van der Waals surface area contributed by atoms with Gasteiger partial charge in [0.25, 0.3) is 0 Å². The fraction of sp³-hybridized carbons (Fsp3) is 0.655. The van der Waals surface area contributed by atoms with E-state index >= 15 is 0 Å². The molecule has 1 amide bonds. The van der Waals surface area contributed by atoms with Crippen molar-refractivity contribution >= 4 is 37.7 Å². The Morgan fingerprint density at radius 1 is 1.14 bits per heavy atom. The number of carbonyl (C=O) groups excluding carboxylic acids is 3. The molecule has 3 aliphatic heterocycles. The average molecular weight is 639 g/mol. The lowest BCUT2D eigenvalue weighted by Crippen LogP contribution is -2.47. The number of hydroxylamine groups is 1. The Kier molecular flexibility index (Phi) is 10.9. The van der Waals surface area contributed by atoms with Crippen LogP contribution in [0.15, 0.2) is 28.7 Å². The molecule has 0 aliphatic carbocycles. The molecule has 2 unspecified atom stereocenters. The molecule has 44 heavy (non-hydrogen) atoms. The van der Waals surface area contributed by atoms with Gasteiger partial charge in [-0.15, -0.1) is 0 Å². The number of aliphatic imine (C=N–C) groups is 1. The Bertz CT molecular complexity index is 1260. The maximum absolute atomic E-state index is 13.1. The minimum atomic E-state index is -4.49. The van der Waals surface area contributed by atoms with Crippen LogP contribution in [0.25, 0.3) is 0 Å². The fourth-order valence-electron chi connectivity index (χ4n) is 5.31. The molecule has 0 saturated carbocycles. The van der Waals surface area contributed by atoms with Crippen molar-refractivity contribution in [1.82, 2.24) is 20.3 Å². The third-order valence-electron chi connectivity index (χ3n) is 8.00. The number of hydrogen-bond donors (Lipinski definition) is 1. The summed E-state index contributed by atoms with van der Waals surface area (Å²) < 4.78 is 44.0. The molecule has 0 radical (unpaired) electrons. The predicted molar refractivity (Wildman–Crippen MR) is 160 cm³/mol. The third-order valence-corrected chi connectivity index (χ3v) is 9.71. The van der Waals surface area contributed by atoms with E-state index in [0.29, 0.717) is 44.8 Å². The molecule has 1 aromatic rings. The van der Waals surface area contributed by atoms with Gasteiger partial charge in [-0.3, -0.25) is 24.2 Å². The van der Waals surface area contributed by atoms with E-state index in [1.54, 1.807) is 6.21 Å². The highest BCUT2D eigenvalue weighted by molar-refractivity contribution is 6.76. The number of amides is 1. The second-order valence-electron chi connectivity index (χ2n) is 12.8. The number of carbonyl (C=O) groups is 3. The van der Waals surface area contributed by atoms with E-state index in [9.17, 15) is 27.6 Å². The number of aromatic nitrogens is 2. The summed E-state index contributed by atoms with van der Waals surface area (Å²) in [7, 11) is -1.26. The topological polar surface area (TPSA) is 126 Å².